The maximum atomic E-state index is 13.9. The van der Waals surface area contributed by atoms with Gasteiger partial charge in [0.2, 0.25) is 5.91 Å². The van der Waals surface area contributed by atoms with Crippen LogP contribution in [0.5, 0.6) is 0 Å². The van der Waals surface area contributed by atoms with E-state index in [1.165, 1.54) is 12.1 Å². The molecule has 0 bridgehead atoms. The molecular formula is C24H20Cl4FNO2. The average Bonchev–Trinajstić information content (AvgIpc) is 2.77. The highest BCUT2D eigenvalue weighted by Crippen LogP contribution is 2.34. The molecule has 3 rings (SSSR count). The number of para-hydroxylation sites is 1. The van der Waals surface area contributed by atoms with Crippen LogP contribution < -0.4 is 5.32 Å². The van der Waals surface area contributed by atoms with E-state index in [0.29, 0.717) is 15.1 Å². The molecule has 0 spiro atoms. The molecule has 3 unspecified atom stereocenters. The fraction of sp³-hybridized carbons (Fsp3) is 0.208. The number of hydrogen-bond donors (Lipinski definition) is 1. The molecular weight excluding hydrogens is 495 g/mol. The third kappa shape index (κ3) is 6.37. The van der Waals surface area contributed by atoms with E-state index < -0.39 is 29.1 Å². The van der Waals surface area contributed by atoms with Crippen molar-refractivity contribution in [3.05, 3.63) is 98.7 Å². The van der Waals surface area contributed by atoms with Crippen molar-refractivity contribution in [2.45, 2.75) is 25.0 Å². The number of carbonyl (C=O) groups is 1. The third-order valence-electron chi connectivity index (χ3n) is 4.94. The first-order valence-electron chi connectivity index (χ1n) is 9.76. The van der Waals surface area contributed by atoms with Crippen LogP contribution in [0.15, 0.2) is 66.7 Å². The number of anilines is 1. The minimum Gasteiger partial charge on any atom is -0.367 e. The highest BCUT2D eigenvalue weighted by Gasteiger charge is 2.32. The molecule has 0 aliphatic rings. The molecule has 0 saturated carbocycles. The highest BCUT2D eigenvalue weighted by atomic mass is 35.5. The van der Waals surface area contributed by atoms with Gasteiger partial charge in [-0.1, -0.05) is 72.1 Å². The first-order chi connectivity index (χ1) is 15.3. The molecule has 8 heteroatoms. The SMILES string of the molecule is CC(C(=O)Nc1ccccc1F)C(Cl)C(OCc1ccc(Cl)cc1Cl)c1ccc(Cl)cc1. The average molecular weight is 515 g/mol. The summed E-state index contributed by atoms with van der Waals surface area (Å²) < 4.78 is 20.1. The smallest absolute Gasteiger partial charge is 0.228 e. The Morgan fingerprint density at radius 2 is 1.66 bits per heavy atom. The summed E-state index contributed by atoms with van der Waals surface area (Å²) in [4.78, 5) is 12.8. The van der Waals surface area contributed by atoms with Gasteiger partial charge in [-0.3, -0.25) is 4.79 Å². The Labute approximate surface area is 206 Å². The second-order valence-corrected chi connectivity index (χ2v) is 9.01. The van der Waals surface area contributed by atoms with Crippen LogP contribution in [0.25, 0.3) is 0 Å². The van der Waals surface area contributed by atoms with Crippen molar-refractivity contribution in [2.24, 2.45) is 5.92 Å². The van der Waals surface area contributed by atoms with Gasteiger partial charge in [0.05, 0.1) is 23.6 Å². The number of benzene rings is 3. The molecule has 0 aromatic heterocycles. The number of rotatable bonds is 8. The normalized spacial score (nSPS) is 13.9. The summed E-state index contributed by atoms with van der Waals surface area (Å²) in [5.74, 6) is -1.66. The van der Waals surface area contributed by atoms with Crippen molar-refractivity contribution < 1.29 is 13.9 Å². The van der Waals surface area contributed by atoms with Crippen molar-refractivity contribution >= 4 is 58.0 Å². The van der Waals surface area contributed by atoms with Crippen LogP contribution >= 0.6 is 46.4 Å². The lowest BCUT2D eigenvalue weighted by molar-refractivity contribution is -0.120. The molecule has 0 aliphatic heterocycles. The van der Waals surface area contributed by atoms with E-state index >= 15 is 0 Å². The first kappa shape index (κ1) is 24.8. The minimum absolute atomic E-state index is 0.0881. The van der Waals surface area contributed by atoms with Gasteiger partial charge < -0.3 is 10.1 Å². The van der Waals surface area contributed by atoms with E-state index in [4.69, 9.17) is 51.1 Å². The van der Waals surface area contributed by atoms with Gasteiger partial charge in [-0.2, -0.15) is 0 Å². The molecule has 0 saturated heterocycles. The number of carbonyl (C=O) groups excluding carboxylic acids is 1. The van der Waals surface area contributed by atoms with E-state index in [0.717, 1.165) is 11.1 Å². The second-order valence-electron chi connectivity index (χ2n) is 7.22. The van der Waals surface area contributed by atoms with E-state index in [2.05, 4.69) is 5.32 Å². The minimum atomic E-state index is -0.769. The first-order valence-corrected chi connectivity index (χ1v) is 11.3. The van der Waals surface area contributed by atoms with E-state index in [1.54, 1.807) is 61.5 Å². The van der Waals surface area contributed by atoms with Crippen LogP contribution in [0.2, 0.25) is 15.1 Å². The lowest BCUT2D eigenvalue weighted by Gasteiger charge is -2.27. The lowest BCUT2D eigenvalue weighted by Crippen LogP contribution is -2.32. The Morgan fingerprint density at radius 3 is 2.31 bits per heavy atom. The summed E-state index contributed by atoms with van der Waals surface area (Å²) in [5.41, 5.74) is 1.55. The van der Waals surface area contributed by atoms with Gasteiger partial charge >= 0.3 is 0 Å². The molecule has 1 N–H and O–H groups in total. The Kier molecular flexibility index (Phi) is 8.80. The molecule has 1 amide bonds. The maximum absolute atomic E-state index is 13.9. The van der Waals surface area contributed by atoms with Crippen LogP contribution in [0.1, 0.15) is 24.2 Å². The van der Waals surface area contributed by atoms with E-state index in [1.807, 2.05) is 0 Å². The number of nitrogens with one attached hydrogen (secondary N) is 1. The van der Waals surface area contributed by atoms with Gasteiger partial charge in [0.1, 0.15) is 11.9 Å². The zero-order chi connectivity index (χ0) is 23.3. The number of ether oxygens (including phenoxy) is 1. The van der Waals surface area contributed by atoms with Gasteiger partial charge in [0.25, 0.3) is 0 Å². The van der Waals surface area contributed by atoms with Gasteiger partial charge in [0, 0.05) is 15.1 Å². The number of alkyl halides is 1. The fourth-order valence-electron chi connectivity index (χ4n) is 3.06. The molecule has 0 aliphatic carbocycles. The summed E-state index contributed by atoms with van der Waals surface area (Å²) in [7, 11) is 0. The predicted molar refractivity (Wildman–Crippen MR) is 129 cm³/mol. The lowest BCUT2D eigenvalue weighted by atomic mass is 9.96. The van der Waals surface area contributed by atoms with Crippen molar-refractivity contribution in [1.29, 1.82) is 0 Å². The third-order valence-corrected chi connectivity index (χ3v) is 6.39. The van der Waals surface area contributed by atoms with Crippen molar-refractivity contribution in [3.63, 3.8) is 0 Å². The van der Waals surface area contributed by atoms with Crippen molar-refractivity contribution in [3.8, 4) is 0 Å². The number of amides is 1. The summed E-state index contributed by atoms with van der Waals surface area (Å²) in [5, 5.41) is 3.35. The molecule has 32 heavy (non-hydrogen) atoms. The van der Waals surface area contributed by atoms with Gasteiger partial charge in [-0.25, -0.2) is 4.39 Å². The molecule has 3 atom stereocenters. The monoisotopic (exact) mass is 513 g/mol. The van der Waals surface area contributed by atoms with Crippen LogP contribution in [0.3, 0.4) is 0 Å². The van der Waals surface area contributed by atoms with Gasteiger partial charge in [-0.15, -0.1) is 11.6 Å². The Morgan fingerprint density at radius 1 is 1.00 bits per heavy atom. The van der Waals surface area contributed by atoms with E-state index in [-0.39, 0.29) is 12.3 Å². The zero-order valence-corrected chi connectivity index (χ0v) is 20.0. The molecule has 0 radical (unpaired) electrons. The number of hydrogen-bond acceptors (Lipinski definition) is 2. The van der Waals surface area contributed by atoms with Crippen LogP contribution in [0.4, 0.5) is 10.1 Å². The van der Waals surface area contributed by atoms with Crippen LogP contribution in [-0.2, 0) is 16.1 Å². The predicted octanol–water partition coefficient (Wildman–Crippen LogP) is 7.93. The van der Waals surface area contributed by atoms with Crippen molar-refractivity contribution in [2.75, 3.05) is 5.32 Å². The summed E-state index contributed by atoms with van der Waals surface area (Å²) in [6.07, 6.45) is -0.665. The molecule has 3 nitrogen and oxygen atoms in total. The van der Waals surface area contributed by atoms with Gasteiger partial charge in [0.15, 0.2) is 0 Å². The fourth-order valence-corrected chi connectivity index (χ4v) is 3.98. The van der Waals surface area contributed by atoms with E-state index in [9.17, 15) is 9.18 Å². The Bertz CT molecular complexity index is 1080. The quantitative estimate of drug-likeness (QED) is 0.310. The number of halogens is 5. The molecule has 168 valence electrons. The van der Waals surface area contributed by atoms with Crippen LogP contribution in [-0.4, -0.2) is 11.3 Å². The Hall–Kier alpha value is -1.82. The highest BCUT2D eigenvalue weighted by molar-refractivity contribution is 6.35. The summed E-state index contributed by atoms with van der Waals surface area (Å²) in [6.45, 7) is 1.81. The zero-order valence-electron chi connectivity index (χ0n) is 17.0. The van der Waals surface area contributed by atoms with Crippen LogP contribution in [0, 0.1) is 11.7 Å². The summed E-state index contributed by atoms with van der Waals surface area (Å²) in [6, 6.07) is 18.1. The summed E-state index contributed by atoms with van der Waals surface area (Å²) >= 11 is 25.0. The standard InChI is InChI=1S/C24H20Cl4FNO2/c1-14(24(31)30-21-5-3-2-4-20(21)29)22(28)23(15-6-9-17(25)10-7-15)32-13-16-8-11-18(26)12-19(16)27/h2-12,14,22-23H,13H2,1H3,(H,30,31). The molecule has 0 fully saturated rings. The van der Waals surface area contributed by atoms with Gasteiger partial charge in [-0.05, 0) is 47.5 Å². The Balaban J connectivity index is 1.80. The molecule has 3 aromatic carbocycles. The molecule has 3 aromatic rings. The van der Waals surface area contributed by atoms with Crippen molar-refractivity contribution in [1.82, 2.24) is 0 Å². The largest absolute Gasteiger partial charge is 0.367 e. The maximum Gasteiger partial charge on any atom is 0.228 e. The topological polar surface area (TPSA) is 38.3 Å². The molecule has 0 heterocycles. The second kappa shape index (κ2) is 11.4.